The molecule has 0 fully saturated rings. The first kappa shape index (κ1) is 7.84. The van der Waals surface area contributed by atoms with Crippen LogP contribution in [0.3, 0.4) is 0 Å². The highest BCUT2D eigenvalue weighted by Gasteiger charge is 1.95. The Morgan fingerprint density at radius 1 is 1.55 bits per heavy atom. The zero-order valence-electron chi connectivity index (χ0n) is 5.84. The molecule has 0 amide bonds. The van der Waals surface area contributed by atoms with Crippen molar-refractivity contribution in [1.29, 1.82) is 5.26 Å². The lowest BCUT2D eigenvalue weighted by Crippen LogP contribution is -1.77. The standard InChI is InChI=1S/C9H6ClN/c1-7(10)9-4-2-3-8(5-9)6-11/h2-5H,1H2. The Morgan fingerprint density at radius 2 is 2.27 bits per heavy atom. The van der Waals surface area contributed by atoms with Gasteiger partial charge in [-0.2, -0.15) is 5.26 Å². The minimum atomic E-state index is 0.460. The maximum absolute atomic E-state index is 8.52. The van der Waals surface area contributed by atoms with Gasteiger partial charge < -0.3 is 0 Å². The monoisotopic (exact) mass is 163 g/mol. The molecular weight excluding hydrogens is 158 g/mol. The molecule has 1 nitrogen and oxygen atoms in total. The van der Waals surface area contributed by atoms with Gasteiger partial charge in [-0.25, -0.2) is 0 Å². The highest BCUT2D eigenvalue weighted by atomic mass is 35.5. The van der Waals surface area contributed by atoms with Crippen molar-refractivity contribution in [1.82, 2.24) is 0 Å². The zero-order valence-corrected chi connectivity index (χ0v) is 6.60. The summed E-state index contributed by atoms with van der Waals surface area (Å²) in [6.07, 6.45) is 0. The molecule has 0 atom stereocenters. The van der Waals surface area contributed by atoms with Crippen LogP contribution >= 0.6 is 11.6 Å². The molecule has 1 aromatic carbocycles. The van der Waals surface area contributed by atoms with Crippen LogP contribution in [0, 0.1) is 11.3 Å². The average molecular weight is 164 g/mol. The molecule has 0 heterocycles. The summed E-state index contributed by atoms with van der Waals surface area (Å²) >= 11 is 5.63. The summed E-state index contributed by atoms with van der Waals surface area (Å²) in [6, 6.07) is 9.05. The van der Waals surface area contributed by atoms with Gasteiger partial charge >= 0.3 is 0 Å². The summed E-state index contributed by atoms with van der Waals surface area (Å²) in [5.74, 6) is 0. The summed E-state index contributed by atoms with van der Waals surface area (Å²) in [4.78, 5) is 0. The molecule has 0 radical (unpaired) electrons. The fourth-order valence-electron chi connectivity index (χ4n) is 0.757. The number of benzene rings is 1. The molecule has 1 aromatic rings. The molecule has 0 aliphatic carbocycles. The van der Waals surface area contributed by atoms with Crippen molar-refractivity contribution in [3.8, 4) is 6.07 Å². The number of hydrogen-bond donors (Lipinski definition) is 0. The van der Waals surface area contributed by atoms with Gasteiger partial charge in [0.15, 0.2) is 0 Å². The highest BCUT2D eigenvalue weighted by molar-refractivity contribution is 6.48. The number of rotatable bonds is 1. The van der Waals surface area contributed by atoms with E-state index in [9.17, 15) is 0 Å². The van der Waals surface area contributed by atoms with Crippen LogP contribution in [-0.2, 0) is 0 Å². The van der Waals surface area contributed by atoms with E-state index in [4.69, 9.17) is 16.9 Å². The molecule has 0 N–H and O–H groups in total. The van der Waals surface area contributed by atoms with E-state index >= 15 is 0 Å². The first-order valence-electron chi connectivity index (χ1n) is 3.09. The predicted molar refractivity (Wildman–Crippen MR) is 46.0 cm³/mol. The SMILES string of the molecule is C=C(Cl)c1cccc(C#N)c1. The fourth-order valence-corrected chi connectivity index (χ4v) is 0.875. The number of halogens is 1. The van der Waals surface area contributed by atoms with Crippen molar-refractivity contribution in [2.45, 2.75) is 0 Å². The van der Waals surface area contributed by atoms with Crippen molar-refractivity contribution < 1.29 is 0 Å². The molecule has 0 aliphatic heterocycles. The van der Waals surface area contributed by atoms with Crippen LogP contribution in [0.2, 0.25) is 0 Å². The predicted octanol–water partition coefficient (Wildman–Crippen LogP) is 2.77. The van der Waals surface area contributed by atoms with Crippen molar-refractivity contribution >= 4 is 16.6 Å². The second kappa shape index (κ2) is 3.23. The van der Waals surface area contributed by atoms with Crippen molar-refractivity contribution in [2.24, 2.45) is 0 Å². The Labute approximate surface area is 70.5 Å². The molecule has 1 rings (SSSR count). The summed E-state index contributed by atoms with van der Waals surface area (Å²) in [7, 11) is 0. The molecule has 2 heteroatoms. The Bertz CT molecular complexity index is 323. The maximum Gasteiger partial charge on any atom is 0.0991 e. The van der Waals surface area contributed by atoms with Gasteiger partial charge in [0.1, 0.15) is 0 Å². The third-order valence-corrected chi connectivity index (χ3v) is 1.52. The smallest absolute Gasteiger partial charge is 0.0991 e. The summed E-state index contributed by atoms with van der Waals surface area (Å²) in [5.41, 5.74) is 1.40. The van der Waals surface area contributed by atoms with Gasteiger partial charge in [0, 0.05) is 5.03 Å². The van der Waals surface area contributed by atoms with Gasteiger partial charge in [-0.15, -0.1) is 0 Å². The van der Waals surface area contributed by atoms with Gasteiger partial charge in [-0.3, -0.25) is 0 Å². The average Bonchev–Trinajstić information content (AvgIpc) is 2.05. The van der Waals surface area contributed by atoms with E-state index in [1.165, 1.54) is 0 Å². The van der Waals surface area contributed by atoms with Crippen molar-refractivity contribution in [3.63, 3.8) is 0 Å². The lowest BCUT2D eigenvalue weighted by atomic mass is 10.1. The Morgan fingerprint density at radius 3 is 2.82 bits per heavy atom. The number of hydrogen-bond acceptors (Lipinski definition) is 1. The normalized spacial score (nSPS) is 8.73. The van der Waals surface area contributed by atoms with Gasteiger partial charge in [0.25, 0.3) is 0 Å². The second-order valence-electron chi connectivity index (χ2n) is 2.10. The van der Waals surface area contributed by atoms with E-state index in [1.807, 2.05) is 12.1 Å². The van der Waals surface area contributed by atoms with Crippen LogP contribution in [0.15, 0.2) is 30.8 Å². The number of nitrogens with zero attached hydrogens (tertiary/aromatic N) is 1. The molecule has 0 unspecified atom stereocenters. The van der Waals surface area contributed by atoms with Gasteiger partial charge in [0.2, 0.25) is 0 Å². The van der Waals surface area contributed by atoms with Crippen LogP contribution < -0.4 is 0 Å². The maximum atomic E-state index is 8.52. The Balaban J connectivity index is 3.13. The van der Waals surface area contributed by atoms with E-state index in [2.05, 4.69) is 6.58 Å². The molecule has 0 saturated carbocycles. The largest absolute Gasteiger partial charge is 0.192 e. The Hall–Kier alpha value is -1.26. The molecule has 54 valence electrons. The van der Waals surface area contributed by atoms with Crippen LogP contribution in [0.5, 0.6) is 0 Å². The topological polar surface area (TPSA) is 23.8 Å². The first-order valence-corrected chi connectivity index (χ1v) is 3.47. The summed E-state index contributed by atoms with van der Waals surface area (Å²) in [5, 5.41) is 8.98. The van der Waals surface area contributed by atoms with Crippen LogP contribution in [0.25, 0.3) is 5.03 Å². The van der Waals surface area contributed by atoms with Crippen LogP contribution in [-0.4, -0.2) is 0 Å². The lowest BCUT2D eigenvalue weighted by Gasteiger charge is -1.95. The first-order chi connectivity index (χ1) is 5.24. The molecular formula is C9H6ClN. The zero-order chi connectivity index (χ0) is 8.27. The van der Waals surface area contributed by atoms with Gasteiger partial charge in [-0.05, 0) is 17.7 Å². The minimum absolute atomic E-state index is 0.460. The second-order valence-corrected chi connectivity index (χ2v) is 2.55. The van der Waals surface area contributed by atoms with E-state index in [0.29, 0.717) is 10.6 Å². The lowest BCUT2D eigenvalue weighted by molar-refractivity contribution is 1.48. The summed E-state index contributed by atoms with van der Waals surface area (Å²) in [6.45, 7) is 3.56. The molecule has 0 spiro atoms. The third-order valence-electron chi connectivity index (χ3n) is 1.30. The molecule has 0 bridgehead atoms. The van der Waals surface area contributed by atoms with E-state index in [-0.39, 0.29) is 0 Å². The third kappa shape index (κ3) is 1.83. The van der Waals surface area contributed by atoms with Crippen molar-refractivity contribution in [2.75, 3.05) is 0 Å². The molecule has 0 aliphatic rings. The molecule has 0 aromatic heterocycles. The fraction of sp³-hybridized carbons (Fsp3) is 0. The number of nitriles is 1. The van der Waals surface area contributed by atoms with Gasteiger partial charge in [0.05, 0.1) is 11.6 Å². The van der Waals surface area contributed by atoms with Crippen LogP contribution in [0.1, 0.15) is 11.1 Å². The van der Waals surface area contributed by atoms with E-state index < -0.39 is 0 Å². The van der Waals surface area contributed by atoms with Crippen LogP contribution in [0.4, 0.5) is 0 Å². The summed E-state index contributed by atoms with van der Waals surface area (Å²) < 4.78 is 0. The van der Waals surface area contributed by atoms with E-state index in [1.54, 1.807) is 18.2 Å². The quantitative estimate of drug-likeness (QED) is 0.625. The van der Waals surface area contributed by atoms with E-state index in [0.717, 1.165) is 5.56 Å². The Kier molecular flexibility index (Phi) is 2.30. The van der Waals surface area contributed by atoms with Gasteiger partial charge in [-0.1, -0.05) is 30.3 Å². The minimum Gasteiger partial charge on any atom is -0.192 e. The van der Waals surface area contributed by atoms with Crippen molar-refractivity contribution in [3.05, 3.63) is 42.0 Å². The molecule has 11 heavy (non-hydrogen) atoms. The molecule has 0 saturated heterocycles. The highest BCUT2D eigenvalue weighted by Crippen LogP contribution is 2.16.